The summed E-state index contributed by atoms with van der Waals surface area (Å²) in [6.45, 7) is 0.211. The fraction of sp³-hybridized carbons (Fsp3) is 0.375. The molecule has 0 fully saturated rings. The standard InChI is InChI=1S/C8H9BrN2O2S2/c1-11(5-2-4-10)15(12,13)8-7(9)3-6-14-8/h3,6H,2,5H2,1H3. The first kappa shape index (κ1) is 12.6. The Hall–Kier alpha value is -0.420. The van der Waals surface area contributed by atoms with Gasteiger partial charge in [0, 0.05) is 24.5 Å². The predicted molar refractivity (Wildman–Crippen MR) is 62.1 cm³/mol. The summed E-state index contributed by atoms with van der Waals surface area (Å²) in [5, 5.41) is 10.1. The van der Waals surface area contributed by atoms with Crippen molar-refractivity contribution in [1.82, 2.24) is 4.31 Å². The highest BCUT2D eigenvalue weighted by atomic mass is 79.9. The van der Waals surface area contributed by atoms with Crippen LogP contribution in [0.1, 0.15) is 6.42 Å². The Morgan fingerprint density at radius 3 is 2.80 bits per heavy atom. The van der Waals surface area contributed by atoms with E-state index in [9.17, 15) is 8.42 Å². The second-order valence-corrected chi connectivity index (χ2v) is 6.80. The summed E-state index contributed by atoms with van der Waals surface area (Å²) in [7, 11) is -1.97. The second kappa shape index (κ2) is 5.07. The van der Waals surface area contributed by atoms with Gasteiger partial charge in [0.05, 0.1) is 6.07 Å². The van der Waals surface area contributed by atoms with Crippen LogP contribution < -0.4 is 0 Å². The van der Waals surface area contributed by atoms with Crippen molar-refractivity contribution in [2.24, 2.45) is 0 Å². The zero-order chi connectivity index (χ0) is 11.5. The Morgan fingerprint density at radius 1 is 1.67 bits per heavy atom. The van der Waals surface area contributed by atoms with Gasteiger partial charge in [-0.3, -0.25) is 0 Å². The van der Waals surface area contributed by atoms with Crippen molar-refractivity contribution in [1.29, 1.82) is 5.26 Å². The second-order valence-electron chi connectivity index (χ2n) is 2.79. The molecular weight excluding hydrogens is 300 g/mol. The van der Waals surface area contributed by atoms with Crippen LogP contribution in [0.4, 0.5) is 0 Å². The third kappa shape index (κ3) is 2.78. The zero-order valence-electron chi connectivity index (χ0n) is 7.97. The van der Waals surface area contributed by atoms with Gasteiger partial charge < -0.3 is 0 Å². The van der Waals surface area contributed by atoms with Gasteiger partial charge in [-0.25, -0.2) is 8.42 Å². The molecule has 0 aromatic carbocycles. The van der Waals surface area contributed by atoms with Crippen molar-refractivity contribution in [3.05, 3.63) is 15.9 Å². The molecule has 0 saturated carbocycles. The number of hydrogen-bond donors (Lipinski definition) is 0. The van der Waals surface area contributed by atoms with Crippen molar-refractivity contribution in [3.63, 3.8) is 0 Å². The topological polar surface area (TPSA) is 61.2 Å². The van der Waals surface area contributed by atoms with Crippen molar-refractivity contribution in [2.45, 2.75) is 10.6 Å². The van der Waals surface area contributed by atoms with E-state index in [1.807, 2.05) is 6.07 Å². The van der Waals surface area contributed by atoms with Crippen LogP contribution in [0, 0.1) is 11.3 Å². The number of sulfonamides is 1. The van der Waals surface area contributed by atoms with E-state index in [2.05, 4.69) is 15.9 Å². The summed E-state index contributed by atoms with van der Waals surface area (Å²) < 4.78 is 25.9. The Morgan fingerprint density at radius 2 is 2.33 bits per heavy atom. The fourth-order valence-corrected chi connectivity index (χ4v) is 4.61. The lowest BCUT2D eigenvalue weighted by molar-refractivity contribution is 0.478. The molecule has 0 atom stereocenters. The minimum Gasteiger partial charge on any atom is -0.206 e. The summed E-state index contributed by atoms with van der Waals surface area (Å²) >= 11 is 4.34. The van der Waals surface area contributed by atoms with E-state index in [4.69, 9.17) is 5.26 Å². The van der Waals surface area contributed by atoms with Crippen LogP contribution in [0.3, 0.4) is 0 Å². The molecule has 0 N–H and O–H groups in total. The molecule has 0 aliphatic rings. The molecule has 1 rings (SSSR count). The van der Waals surface area contributed by atoms with Crippen LogP contribution in [0.25, 0.3) is 0 Å². The summed E-state index contributed by atoms with van der Waals surface area (Å²) in [4.78, 5) is 0. The molecule has 1 heterocycles. The van der Waals surface area contributed by atoms with Crippen LogP contribution in [0.5, 0.6) is 0 Å². The smallest absolute Gasteiger partial charge is 0.206 e. The Kier molecular flexibility index (Phi) is 4.28. The maximum atomic E-state index is 11.9. The molecule has 1 aromatic heterocycles. The summed E-state index contributed by atoms with van der Waals surface area (Å²) in [5.74, 6) is 0. The van der Waals surface area contributed by atoms with Crippen molar-refractivity contribution in [3.8, 4) is 6.07 Å². The normalized spacial score (nSPS) is 11.6. The predicted octanol–water partition coefficient (Wildman–Crippen LogP) is 2.04. The van der Waals surface area contributed by atoms with E-state index < -0.39 is 10.0 Å². The lowest BCUT2D eigenvalue weighted by Gasteiger charge is -2.14. The van der Waals surface area contributed by atoms with Gasteiger partial charge in [0.2, 0.25) is 0 Å². The molecule has 0 aliphatic heterocycles. The SMILES string of the molecule is CN(CCC#N)S(=O)(=O)c1sccc1Br. The van der Waals surface area contributed by atoms with Gasteiger partial charge in [0.15, 0.2) is 0 Å². The summed E-state index contributed by atoms with van der Waals surface area (Å²) in [6.07, 6.45) is 0.193. The van der Waals surface area contributed by atoms with E-state index in [1.165, 1.54) is 11.4 Å². The molecular formula is C8H9BrN2O2S2. The van der Waals surface area contributed by atoms with E-state index >= 15 is 0 Å². The molecule has 0 amide bonds. The first-order valence-corrected chi connectivity index (χ1v) is 7.17. The quantitative estimate of drug-likeness (QED) is 0.855. The highest BCUT2D eigenvalue weighted by Crippen LogP contribution is 2.29. The van der Waals surface area contributed by atoms with Crippen LogP contribution in [-0.4, -0.2) is 26.3 Å². The number of halogens is 1. The lowest BCUT2D eigenvalue weighted by atomic mass is 10.5. The van der Waals surface area contributed by atoms with Gasteiger partial charge in [-0.05, 0) is 27.4 Å². The van der Waals surface area contributed by atoms with E-state index in [0.29, 0.717) is 4.47 Å². The molecule has 0 saturated heterocycles. The maximum absolute atomic E-state index is 11.9. The summed E-state index contributed by atoms with van der Waals surface area (Å²) in [6, 6.07) is 3.61. The van der Waals surface area contributed by atoms with Gasteiger partial charge >= 0.3 is 0 Å². The molecule has 0 aliphatic carbocycles. The molecule has 0 radical (unpaired) electrons. The third-order valence-electron chi connectivity index (χ3n) is 1.77. The number of hydrogen-bond acceptors (Lipinski definition) is 4. The van der Waals surface area contributed by atoms with Gasteiger partial charge in [0.25, 0.3) is 10.0 Å². The van der Waals surface area contributed by atoms with Gasteiger partial charge in [0.1, 0.15) is 4.21 Å². The molecule has 7 heteroatoms. The number of nitrogens with zero attached hydrogens (tertiary/aromatic N) is 2. The van der Waals surface area contributed by atoms with Gasteiger partial charge in [-0.2, -0.15) is 9.57 Å². The largest absolute Gasteiger partial charge is 0.253 e. The minimum absolute atomic E-state index is 0.193. The van der Waals surface area contributed by atoms with Crippen LogP contribution in [-0.2, 0) is 10.0 Å². The molecule has 1 aromatic rings. The van der Waals surface area contributed by atoms with Crippen LogP contribution in [0.15, 0.2) is 20.1 Å². The highest BCUT2D eigenvalue weighted by molar-refractivity contribution is 9.10. The number of nitriles is 1. The molecule has 0 spiro atoms. The molecule has 15 heavy (non-hydrogen) atoms. The van der Waals surface area contributed by atoms with E-state index in [0.717, 1.165) is 11.3 Å². The average molecular weight is 309 g/mol. The first-order valence-electron chi connectivity index (χ1n) is 4.06. The highest BCUT2D eigenvalue weighted by Gasteiger charge is 2.24. The Labute approximate surface area is 101 Å². The first-order chi connectivity index (χ1) is 7.00. The molecule has 82 valence electrons. The van der Waals surface area contributed by atoms with Crippen LogP contribution >= 0.6 is 27.3 Å². The monoisotopic (exact) mass is 308 g/mol. The van der Waals surface area contributed by atoms with Crippen molar-refractivity contribution in [2.75, 3.05) is 13.6 Å². The third-order valence-corrected chi connectivity index (χ3v) is 6.27. The van der Waals surface area contributed by atoms with E-state index in [1.54, 1.807) is 11.4 Å². The van der Waals surface area contributed by atoms with Gasteiger partial charge in [-0.15, -0.1) is 11.3 Å². The fourth-order valence-electron chi connectivity index (χ4n) is 0.933. The van der Waals surface area contributed by atoms with Gasteiger partial charge in [-0.1, -0.05) is 0 Å². The van der Waals surface area contributed by atoms with Crippen LogP contribution in [0.2, 0.25) is 0 Å². The minimum atomic E-state index is -3.44. The van der Waals surface area contributed by atoms with E-state index in [-0.39, 0.29) is 17.2 Å². The summed E-state index contributed by atoms with van der Waals surface area (Å²) in [5.41, 5.74) is 0. The average Bonchev–Trinajstić information content (AvgIpc) is 2.61. The number of rotatable bonds is 4. The molecule has 0 unspecified atom stereocenters. The zero-order valence-corrected chi connectivity index (χ0v) is 11.2. The maximum Gasteiger partial charge on any atom is 0.253 e. The number of thiophene rings is 1. The van der Waals surface area contributed by atoms with Crippen molar-refractivity contribution >= 4 is 37.3 Å². The Bertz CT molecular complexity index is 475. The lowest BCUT2D eigenvalue weighted by Crippen LogP contribution is -2.27. The molecule has 4 nitrogen and oxygen atoms in total. The van der Waals surface area contributed by atoms with Crippen molar-refractivity contribution < 1.29 is 8.42 Å². The Balaban J connectivity index is 2.94. The molecule has 0 bridgehead atoms.